The molecule has 0 atom stereocenters. The van der Waals surface area contributed by atoms with Crippen LogP contribution in [0.2, 0.25) is 5.02 Å². The molecule has 0 bridgehead atoms. The first-order valence-electron chi connectivity index (χ1n) is 22.3. The number of halogens is 1. The highest BCUT2D eigenvalue weighted by atomic mass is 35.5. The van der Waals surface area contributed by atoms with Gasteiger partial charge < -0.3 is 0 Å². The summed E-state index contributed by atoms with van der Waals surface area (Å²) in [6, 6.07) is 78.1. The molecule has 0 saturated carbocycles. The lowest BCUT2D eigenvalue weighted by molar-refractivity contribution is 1.28. The molecular formula is C62H41ClN4. The summed E-state index contributed by atoms with van der Waals surface area (Å²) in [4.78, 5) is 19.6. The summed E-state index contributed by atoms with van der Waals surface area (Å²) in [7, 11) is 0. The molecule has 0 N–H and O–H groups in total. The van der Waals surface area contributed by atoms with E-state index in [1.165, 1.54) is 0 Å². The first-order chi connectivity index (χ1) is 33.1. The van der Waals surface area contributed by atoms with E-state index in [0.29, 0.717) is 5.02 Å². The Morgan fingerprint density at radius 3 is 0.776 bits per heavy atom. The van der Waals surface area contributed by atoms with Gasteiger partial charge >= 0.3 is 0 Å². The van der Waals surface area contributed by atoms with Gasteiger partial charge in [-0.2, -0.15) is 0 Å². The minimum absolute atomic E-state index is 0.702. The Hall–Kier alpha value is -8.57. The number of aromatic nitrogens is 4. The SMILES string of the molecule is Clc1ccc(-c2ccc(-c3ccc(-c4ccccc4-c4cc(-c5ccccc5-c5ccc(-c6ccccc6)nc5)cc(-c5ccccc5-c5ccc(-c6ccccc6)nc5)c4)cn3)cn2)cc1. The molecule has 0 amide bonds. The van der Waals surface area contributed by atoms with Gasteiger partial charge in [-0.05, 0) is 111 Å². The molecule has 4 nitrogen and oxygen atoms in total. The monoisotopic (exact) mass is 876 g/mol. The zero-order valence-corrected chi connectivity index (χ0v) is 37.1. The average molecular weight is 877 g/mol. The summed E-state index contributed by atoms with van der Waals surface area (Å²) in [6.07, 6.45) is 7.82. The fourth-order valence-corrected chi connectivity index (χ4v) is 8.91. The molecule has 0 spiro atoms. The maximum absolute atomic E-state index is 6.13. The molecule has 0 unspecified atom stereocenters. The van der Waals surface area contributed by atoms with Crippen molar-refractivity contribution in [2.24, 2.45) is 0 Å². The standard InChI is InChI=1S/C62H41ClN4/c63-52-29-23-44(24-30-52)61-34-28-48(41-67-61)62-33-27-47(40-66-62)55-19-9-12-22-58(55)51-36-49(56-20-10-7-17-53(56)45-25-31-59(64-38-45)42-13-3-1-4-14-42)35-50(37-51)57-21-11-8-18-54(57)46-26-32-60(65-39-46)43-15-5-2-6-16-43/h1-41H. The minimum Gasteiger partial charge on any atom is -0.256 e. The molecule has 67 heavy (non-hydrogen) atoms. The summed E-state index contributed by atoms with van der Waals surface area (Å²) in [5.41, 5.74) is 20.8. The number of nitrogens with zero attached hydrogens (tertiary/aromatic N) is 4. The van der Waals surface area contributed by atoms with E-state index < -0.39 is 0 Å². The fourth-order valence-electron chi connectivity index (χ4n) is 8.78. The van der Waals surface area contributed by atoms with Crippen molar-refractivity contribution in [3.8, 4) is 112 Å². The summed E-state index contributed by atoms with van der Waals surface area (Å²) in [5.74, 6) is 0. The van der Waals surface area contributed by atoms with Crippen LogP contribution in [0.3, 0.4) is 0 Å². The van der Waals surface area contributed by atoms with Crippen molar-refractivity contribution in [2.75, 3.05) is 0 Å². The van der Waals surface area contributed by atoms with Crippen LogP contribution < -0.4 is 0 Å². The highest BCUT2D eigenvalue weighted by Gasteiger charge is 2.17. The summed E-state index contributed by atoms with van der Waals surface area (Å²) in [5, 5.41) is 0.702. The molecule has 0 aliphatic heterocycles. The van der Waals surface area contributed by atoms with Gasteiger partial charge in [-0.3, -0.25) is 19.9 Å². The van der Waals surface area contributed by atoms with E-state index in [4.69, 9.17) is 31.5 Å². The predicted molar refractivity (Wildman–Crippen MR) is 277 cm³/mol. The van der Waals surface area contributed by atoms with Gasteiger partial charge in [0.15, 0.2) is 0 Å². The van der Waals surface area contributed by atoms with Gasteiger partial charge in [0, 0.05) is 68.8 Å². The Labute approximate surface area is 395 Å². The number of hydrogen-bond donors (Lipinski definition) is 0. The van der Waals surface area contributed by atoms with Crippen molar-refractivity contribution in [3.63, 3.8) is 0 Å². The lowest BCUT2D eigenvalue weighted by Gasteiger charge is -2.18. The number of hydrogen-bond acceptors (Lipinski definition) is 4. The van der Waals surface area contributed by atoms with E-state index in [1.54, 1.807) is 0 Å². The second-order valence-electron chi connectivity index (χ2n) is 16.4. The molecule has 0 saturated heterocycles. The van der Waals surface area contributed by atoms with Gasteiger partial charge in [0.25, 0.3) is 0 Å². The maximum atomic E-state index is 6.13. The molecule has 5 heteroatoms. The van der Waals surface area contributed by atoms with Gasteiger partial charge in [0.2, 0.25) is 0 Å². The van der Waals surface area contributed by atoms with Crippen LogP contribution in [0, 0.1) is 0 Å². The van der Waals surface area contributed by atoms with Crippen molar-refractivity contribution < 1.29 is 0 Å². The van der Waals surface area contributed by atoms with Crippen molar-refractivity contribution in [1.82, 2.24) is 19.9 Å². The quantitative estimate of drug-likeness (QED) is 0.137. The van der Waals surface area contributed by atoms with Crippen LogP contribution in [0.4, 0.5) is 0 Å². The van der Waals surface area contributed by atoms with Gasteiger partial charge in [-0.15, -0.1) is 0 Å². The Bertz CT molecular complexity index is 3320. The van der Waals surface area contributed by atoms with Crippen molar-refractivity contribution in [1.29, 1.82) is 0 Å². The number of rotatable bonds is 10. The number of pyridine rings is 4. The molecule has 316 valence electrons. The lowest BCUT2D eigenvalue weighted by Crippen LogP contribution is -1.93. The van der Waals surface area contributed by atoms with E-state index in [9.17, 15) is 0 Å². The van der Waals surface area contributed by atoms with E-state index >= 15 is 0 Å². The first kappa shape index (κ1) is 41.2. The van der Waals surface area contributed by atoms with Crippen molar-refractivity contribution >= 4 is 11.6 Å². The highest BCUT2D eigenvalue weighted by Crippen LogP contribution is 2.42. The van der Waals surface area contributed by atoms with Crippen LogP contribution in [0.25, 0.3) is 112 Å². The Kier molecular flexibility index (Phi) is 11.4. The third kappa shape index (κ3) is 8.70. The molecular weight excluding hydrogens is 836 g/mol. The molecule has 11 aromatic rings. The minimum atomic E-state index is 0.702. The molecule has 0 aliphatic rings. The van der Waals surface area contributed by atoms with Gasteiger partial charge in [0.1, 0.15) is 0 Å². The topological polar surface area (TPSA) is 51.6 Å². The first-order valence-corrected chi connectivity index (χ1v) is 22.6. The fraction of sp³-hybridized carbons (Fsp3) is 0. The molecule has 0 radical (unpaired) electrons. The van der Waals surface area contributed by atoms with Crippen LogP contribution in [0.1, 0.15) is 0 Å². The predicted octanol–water partition coefficient (Wildman–Crippen LogP) is 16.6. The summed E-state index contributed by atoms with van der Waals surface area (Å²) < 4.78 is 0. The molecule has 7 aromatic carbocycles. The number of benzene rings is 7. The lowest BCUT2D eigenvalue weighted by atomic mass is 9.86. The van der Waals surface area contributed by atoms with Crippen LogP contribution in [0.5, 0.6) is 0 Å². The van der Waals surface area contributed by atoms with Crippen molar-refractivity contribution in [3.05, 3.63) is 254 Å². The third-order valence-electron chi connectivity index (χ3n) is 12.2. The molecule has 4 aromatic heterocycles. The zero-order chi connectivity index (χ0) is 44.9. The smallest absolute Gasteiger partial charge is 0.0717 e. The van der Waals surface area contributed by atoms with E-state index in [-0.39, 0.29) is 0 Å². The molecule has 0 aliphatic carbocycles. The maximum Gasteiger partial charge on any atom is 0.0717 e. The summed E-state index contributed by atoms with van der Waals surface area (Å²) >= 11 is 6.13. The third-order valence-corrected chi connectivity index (χ3v) is 12.5. The second kappa shape index (κ2) is 18.5. The van der Waals surface area contributed by atoms with Crippen LogP contribution in [-0.2, 0) is 0 Å². The van der Waals surface area contributed by atoms with Gasteiger partial charge in [0.05, 0.1) is 22.8 Å². The molecule has 4 heterocycles. The Morgan fingerprint density at radius 2 is 0.463 bits per heavy atom. The average Bonchev–Trinajstić information content (AvgIpc) is 3.42. The van der Waals surface area contributed by atoms with E-state index in [0.717, 1.165) is 112 Å². The molecule has 0 fully saturated rings. The van der Waals surface area contributed by atoms with Crippen LogP contribution in [-0.4, -0.2) is 19.9 Å². The zero-order valence-electron chi connectivity index (χ0n) is 36.3. The van der Waals surface area contributed by atoms with Gasteiger partial charge in [-0.25, -0.2) is 0 Å². The second-order valence-corrected chi connectivity index (χ2v) is 16.8. The van der Waals surface area contributed by atoms with E-state index in [2.05, 4.69) is 158 Å². The largest absolute Gasteiger partial charge is 0.256 e. The van der Waals surface area contributed by atoms with E-state index in [1.807, 2.05) is 91.5 Å². The van der Waals surface area contributed by atoms with Crippen LogP contribution in [0.15, 0.2) is 249 Å². The highest BCUT2D eigenvalue weighted by molar-refractivity contribution is 6.30. The van der Waals surface area contributed by atoms with Gasteiger partial charge in [-0.1, -0.05) is 175 Å². The van der Waals surface area contributed by atoms with Crippen LogP contribution >= 0.6 is 11.6 Å². The Morgan fingerprint density at radius 1 is 0.209 bits per heavy atom. The molecule has 11 rings (SSSR count). The summed E-state index contributed by atoms with van der Waals surface area (Å²) in [6.45, 7) is 0. The normalized spacial score (nSPS) is 11.1. The van der Waals surface area contributed by atoms with Crippen molar-refractivity contribution in [2.45, 2.75) is 0 Å². The Balaban J connectivity index is 1.01.